The lowest BCUT2D eigenvalue weighted by Crippen LogP contribution is -2.41. The molecule has 2 aromatic heterocycles. The number of hydrogen-bond acceptors (Lipinski definition) is 7. The number of anilines is 1. The molecular weight excluding hydrogens is 453 g/mol. The number of rotatable bonds is 6. The molecule has 1 aromatic carbocycles. The first kappa shape index (κ1) is 22.6. The molecule has 0 saturated carbocycles. The molecule has 174 valence electrons. The van der Waals surface area contributed by atoms with Gasteiger partial charge in [-0.1, -0.05) is 0 Å². The van der Waals surface area contributed by atoms with Gasteiger partial charge in [-0.15, -0.1) is 0 Å². The molecule has 3 heterocycles. The summed E-state index contributed by atoms with van der Waals surface area (Å²) < 4.78 is 43.7. The van der Waals surface area contributed by atoms with Crippen molar-refractivity contribution in [3.8, 4) is 22.9 Å². The molecule has 1 atom stereocenters. The Morgan fingerprint density at radius 2 is 2.00 bits per heavy atom. The quantitative estimate of drug-likeness (QED) is 0.576. The minimum Gasteiger partial charge on any atom is -0.465 e. The highest BCUT2D eigenvalue weighted by molar-refractivity contribution is 7.90. The van der Waals surface area contributed by atoms with E-state index in [0.717, 1.165) is 18.6 Å². The van der Waals surface area contributed by atoms with Crippen molar-refractivity contribution in [2.24, 2.45) is 0 Å². The van der Waals surface area contributed by atoms with Crippen molar-refractivity contribution in [2.75, 3.05) is 16.9 Å². The fourth-order valence-corrected chi connectivity index (χ4v) is 4.29. The molecule has 0 unspecified atom stereocenters. The van der Waals surface area contributed by atoms with Crippen LogP contribution in [0.4, 0.5) is 14.9 Å². The fraction of sp³-hybridized carbons (Fsp3) is 0.333. The van der Waals surface area contributed by atoms with Gasteiger partial charge in [0.1, 0.15) is 15.6 Å². The number of sulfone groups is 1. The Labute approximate surface area is 189 Å². The number of amides is 1. The van der Waals surface area contributed by atoms with Crippen molar-refractivity contribution in [3.63, 3.8) is 0 Å². The third-order valence-electron chi connectivity index (χ3n) is 5.38. The lowest BCUT2D eigenvalue weighted by Gasteiger charge is -2.34. The number of nitrogens with zero attached hydrogens (tertiary/aromatic N) is 5. The minimum atomic E-state index is -3.16. The second kappa shape index (κ2) is 8.77. The van der Waals surface area contributed by atoms with Gasteiger partial charge in [-0.3, -0.25) is 9.58 Å². The van der Waals surface area contributed by atoms with Crippen LogP contribution < -0.4 is 9.64 Å². The lowest BCUT2D eigenvalue weighted by atomic mass is 9.92. The normalized spacial score (nSPS) is 15.8. The Morgan fingerprint density at radius 1 is 1.27 bits per heavy atom. The molecule has 1 aliphatic rings. The van der Waals surface area contributed by atoms with Crippen molar-refractivity contribution in [3.05, 3.63) is 48.3 Å². The molecule has 0 spiro atoms. The Hall–Kier alpha value is -3.54. The smallest absolute Gasteiger partial charge is 0.412 e. The van der Waals surface area contributed by atoms with Crippen molar-refractivity contribution in [1.29, 1.82) is 0 Å². The predicted octanol–water partition coefficient (Wildman–Crippen LogP) is 3.14. The number of aromatic nitrogens is 4. The summed E-state index contributed by atoms with van der Waals surface area (Å²) in [6, 6.07) is 3.12. The standard InChI is InChI=1S/C21H22FN5O5S/c1-13-3-4-17-18(27(13)21(28)29)6-5-16(19(17)32-20-23-10-15(22)11-24-20)14-9-25-26(12-14)7-8-33(2,30)31/h5-6,9-13H,3-4,7-8H2,1-2H3,(H,28,29)/t13-/m0/s1. The summed E-state index contributed by atoms with van der Waals surface area (Å²) in [7, 11) is -3.16. The van der Waals surface area contributed by atoms with E-state index in [2.05, 4.69) is 15.1 Å². The Balaban J connectivity index is 1.79. The number of carboxylic acid groups (broad SMARTS) is 1. The highest BCUT2D eigenvalue weighted by atomic mass is 32.2. The lowest BCUT2D eigenvalue weighted by molar-refractivity contribution is 0.198. The zero-order chi connectivity index (χ0) is 23.8. The zero-order valence-electron chi connectivity index (χ0n) is 18.0. The van der Waals surface area contributed by atoms with E-state index in [-0.39, 0.29) is 24.3 Å². The largest absolute Gasteiger partial charge is 0.465 e. The maximum Gasteiger partial charge on any atom is 0.412 e. The van der Waals surface area contributed by atoms with E-state index in [1.807, 2.05) is 6.92 Å². The molecule has 0 radical (unpaired) electrons. The van der Waals surface area contributed by atoms with E-state index < -0.39 is 21.7 Å². The third kappa shape index (κ3) is 4.95. The first-order valence-corrected chi connectivity index (χ1v) is 12.2. The second-order valence-electron chi connectivity index (χ2n) is 7.89. The van der Waals surface area contributed by atoms with E-state index in [0.29, 0.717) is 41.0 Å². The SMILES string of the molecule is C[C@H]1CCc2c(ccc(-c3cnn(CCS(C)(=O)=O)c3)c2Oc2ncc(F)cn2)N1C(=O)O. The van der Waals surface area contributed by atoms with Gasteiger partial charge >= 0.3 is 12.1 Å². The summed E-state index contributed by atoms with van der Waals surface area (Å²) in [5.41, 5.74) is 2.40. The van der Waals surface area contributed by atoms with Gasteiger partial charge in [0.2, 0.25) is 0 Å². The van der Waals surface area contributed by atoms with E-state index in [1.54, 1.807) is 24.5 Å². The molecule has 1 amide bonds. The number of halogens is 1. The monoisotopic (exact) mass is 475 g/mol. The van der Waals surface area contributed by atoms with Gasteiger partial charge in [-0.05, 0) is 31.9 Å². The van der Waals surface area contributed by atoms with Crippen LogP contribution in [0.1, 0.15) is 18.9 Å². The van der Waals surface area contributed by atoms with Crippen molar-refractivity contribution >= 4 is 21.6 Å². The second-order valence-corrected chi connectivity index (χ2v) is 10.1. The van der Waals surface area contributed by atoms with E-state index >= 15 is 0 Å². The van der Waals surface area contributed by atoms with Crippen LogP contribution in [0.5, 0.6) is 11.8 Å². The number of benzene rings is 1. The summed E-state index contributed by atoms with van der Waals surface area (Å²) in [6.45, 7) is 2.02. The van der Waals surface area contributed by atoms with E-state index in [4.69, 9.17) is 4.74 Å². The van der Waals surface area contributed by atoms with Gasteiger partial charge in [0.25, 0.3) is 0 Å². The van der Waals surface area contributed by atoms with Crippen LogP contribution >= 0.6 is 0 Å². The molecule has 0 saturated heterocycles. The summed E-state index contributed by atoms with van der Waals surface area (Å²) >= 11 is 0. The average Bonchev–Trinajstić information content (AvgIpc) is 3.22. The van der Waals surface area contributed by atoms with Gasteiger partial charge in [0, 0.05) is 35.2 Å². The van der Waals surface area contributed by atoms with Gasteiger partial charge in [0.05, 0.1) is 36.6 Å². The Kier molecular flexibility index (Phi) is 6.02. The molecule has 12 heteroatoms. The molecule has 0 fully saturated rings. The van der Waals surface area contributed by atoms with Crippen molar-refractivity contribution in [1.82, 2.24) is 19.7 Å². The van der Waals surface area contributed by atoms with Gasteiger partial charge in [0.15, 0.2) is 5.82 Å². The molecule has 10 nitrogen and oxygen atoms in total. The molecule has 1 aliphatic heterocycles. The van der Waals surface area contributed by atoms with Crippen LogP contribution in [-0.4, -0.2) is 57.4 Å². The first-order valence-electron chi connectivity index (χ1n) is 10.2. The number of ether oxygens (including phenoxy) is 1. The molecule has 1 N–H and O–H groups in total. The van der Waals surface area contributed by atoms with Crippen LogP contribution in [0.3, 0.4) is 0 Å². The van der Waals surface area contributed by atoms with Crippen LogP contribution in [0.15, 0.2) is 36.9 Å². The zero-order valence-corrected chi connectivity index (χ0v) is 18.8. The number of aryl methyl sites for hydroxylation is 1. The van der Waals surface area contributed by atoms with Crippen LogP contribution in [0.2, 0.25) is 0 Å². The van der Waals surface area contributed by atoms with E-state index in [9.17, 15) is 22.7 Å². The van der Waals surface area contributed by atoms with Gasteiger partial charge in [-0.25, -0.2) is 27.6 Å². The number of fused-ring (bicyclic) bond motifs is 1. The molecule has 33 heavy (non-hydrogen) atoms. The fourth-order valence-electron chi connectivity index (χ4n) is 3.77. The molecule has 4 rings (SSSR count). The predicted molar refractivity (Wildman–Crippen MR) is 118 cm³/mol. The van der Waals surface area contributed by atoms with Crippen molar-refractivity contribution in [2.45, 2.75) is 32.4 Å². The van der Waals surface area contributed by atoms with Gasteiger partial charge < -0.3 is 9.84 Å². The first-order chi connectivity index (χ1) is 15.6. The Bertz CT molecular complexity index is 1290. The van der Waals surface area contributed by atoms with Crippen LogP contribution in [-0.2, 0) is 22.8 Å². The number of carbonyl (C=O) groups is 1. The maximum absolute atomic E-state index is 13.3. The number of hydrogen-bond donors (Lipinski definition) is 1. The van der Waals surface area contributed by atoms with Crippen LogP contribution in [0, 0.1) is 5.82 Å². The van der Waals surface area contributed by atoms with Crippen molar-refractivity contribution < 1.29 is 27.4 Å². The van der Waals surface area contributed by atoms with Crippen LogP contribution in [0.25, 0.3) is 11.1 Å². The summed E-state index contributed by atoms with van der Waals surface area (Å²) in [4.78, 5) is 20.9. The molecule has 0 bridgehead atoms. The molecule has 3 aromatic rings. The van der Waals surface area contributed by atoms with Gasteiger partial charge in [-0.2, -0.15) is 5.10 Å². The topological polar surface area (TPSA) is 128 Å². The highest BCUT2D eigenvalue weighted by Crippen LogP contribution is 2.44. The van der Waals surface area contributed by atoms with E-state index in [1.165, 1.54) is 9.58 Å². The summed E-state index contributed by atoms with van der Waals surface area (Å²) in [5.74, 6) is -0.327. The Morgan fingerprint density at radius 3 is 2.67 bits per heavy atom. The average molecular weight is 476 g/mol. The maximum atomic E-state index is 13.3. The summed E-state index contributed by atoms with van der Waals surface area (Å²) in [5, 5.41) is 14.0. The third-order valence-corrected chi connectivity index (χ3v) is 6.30. The summed E-state index contributed by atoms with van der Waals surface area (Å²) in [6.07, 6.45) is 6.43. The highest BCUT2D eigenvalue weighted by Gasteiger charge is 2.32. The minimum absolute atomic E-state index is 0.0590. The molecular formula is C21H22FN5O5S. The molecule has 0 aliphatic carbocycles.